The minimum absolute atomic E-state index is 0.172. The van der Waals surface area contributed by atoms with E-state index in [0.29, 0.717) is 56.5 Å². The molecule has 0 radical (unpaired) electrons. The van der Waals surface area contributed by atoms with E-state index in [1.165, 1.54) is 0 Å². The summed E-state index contributed by atoms with van der Waals surface area (Å²) in [5.41, 5.74) is -0.198. The van der Waals surface area contributed by atoms with Crippen LogP contribution in [0.5, 0.6) is 0 Å². The van der Waals surface area contributed by atoms with Gasteiger partial charge in [-0.3, -0.25) is 9.59 Å². The highest BCUT2D eigenvalue weighted by Crippen LogP contribution is 2.29. The van der Waals surface area contributed by atoms with Gasteiger partial charge in [-0.2, -0.15) is 5.10 Å². The molecule has 32 heavy (non-hydrogen) atoms. The predicted molar refractivity (Wildman–Crippen MR) is 119 cm³/mol. The van der Waals surface area contributed by atoms with E-state index in [0.717, 1.165) is 5.56 Å². The molecule has 2 aromatic heterocycles. The average Bonchev–Trinajstić information content (AvgIpc) is 3.15. The molecule has 174 valence electrons. The first-order chi connectivity index (χ1) is 15.0. The van der Waals surface area contributed by atoms with Crippen LogP contribution >= 0.6 is 11.6 Å². The maximum absolute atomic E-state index is 13.4. The Bertz CT molecular complexity index is 1040. The molecule has 2 aliphatic heterocycles. The van der Waals surface area contributed by atoms with E-state index < -0.39 is 11.1 Å². The number of carbonyl (C=O) groups is 2. The van der Waals surface area contributed by atoms with Gasteiger partial charge >= 0.3 is 0 Å². The molecule has 0 saturated carbocycles. The fourth-order valence-electron chi connectivity index (χ4n) is 4.56. The summed E-state index contributed by atoms with van der Waals surface area (Å²) >= 11 is 6.15. The monoisotopic (exact) mass is 463 g/mol. The van der Waals surface area contributed by atoms with Crippen LogP contribution in [-0.4, -0.2) is 85.3 Å². The Hall–Kier alpha value is -2.23. The number of rotatable bonds is 3. The smallest absolute Gasteiger partial charge is 0.274 e. The highest BCUT2D eigenvalue weighted by atomic mass is 35.5. The number of hydrogen-bond donors (Lipinski definition) is 1. The molecular formula is C22H30ClN5O4. The predicted octanol–water partition coefficient (Wildman–Crippen LogP) is 2.11. The standard InChI is InChI=1S/C22H30ClN5O4/c1-14(2)15-11-17(23)25-28-12-16(24-18(15)28)19(29)27-8-7-26(13-21(27,3)4)20(30)22(31)5-9-32-10-6-22/h11-12,14,31H,5-10,13H2,1-4H3. The molecule has 0 atom stereocenters. The van der Waals surface area contributed by atoms with E-state index >= 15 is 0 Å². The molecule has 2 fully saturated rings. The van der Waals surface area contributed by atoms with Crippen LogP contribution in [0.4, 0.5) is 0 Å². The van der Waals surface area contributed by atoms with Gasteiger partial charge in [-0.15, -0.1) is 0 Å². The molecule has 0 spiro atoms. The number of ether oxygens (including phenoxy) is 1. The Balaban J connectivity index is 1.55. The third-order valence-electron chi connectivity index (χ3n) is 6.42. The number of aliphatic hydroxyl groups is 1. The molecule has 0 aliphatic carbocycles. The van der Waals surface area contributed by atoms with E-state index in [1.807, 2.05) is 27.7 Å². The normalized spacial score (nSPS) is 20.7. The highest BCUT2D eigenvalue weighted by molar-refractivity contribution is 6.29. The third kappa shape index (κ3) is 4.09. The van der Waals surface area contributed by atoms with Crippen molar-refractivity contribution in [1.29, 1.82) is 0 Å². The van der Waals surface area contributed by atoms with Gasteiger partial charge in [-0.05, 0) is 25.8 Å². The summed E-state index contributed by atoms with van der Waals surface area (Å²) < 4.78 is 6.84. The quantitative estimate of drug-likeness (QED) is 0.748. The summed E-state index contributed by atoms with van der Waals surface area (Å²) in [6, 6.07) is 1.78. The zero-order valence-corrected chi connectivity index (χ0v) is 19.7. The van der Waals surface area contributed by atoms with Crippen LogP contribution in [0.1, 0.15) is 62.5 Å². The van der Waals surface area contributed by atoms with Crippen molar-refractivity contribution in [2.45, 2.75) is 57.6 Å². The van der Waals surface area contributed by atoms with Gasteiger partial charge in [0.1, 0.15) is 16.4 Å². The first-order valence-corrected chi connectivity index (χ1v) is 11.4. The second-order valence-corrected chi connectivity index (χ2v) is 10.00. The van der Waals surface area contributed by atoms with E-state index in [-0.39, 0.29) is 23.4 Å². The number of fused-ring (bicyclic) bond motifs is 1. The lowest BCUT2D eigenvalue weighted by Gasteiger charge is -2.48. The van der Waals surface area contributed by atoms with E-state index in [4.69, 9.17) is 16.3 Å². The number of nitrogens with zero attached hydrogens (tertiary/aromatic N) is 5. The van der Waals surface area contributed by atoms with Crippen LogP contribution in [0.2, 0.25) is 5.15 Å². The molecule has 2 aliphatic rings. The second-order valence-electron chi connectivity index (χ2n) is 9.61. The van der Waals surface area contributed by atoms with Gasteiger partial charge in [0.15, 0.2) is 5.65 Å². The van der Waals surface area contributed by atoms with Crippen molar-refractivity contribution in [2.75, 3.05) is 32.8 Å². The van der Waals surface area contributed by atoms with Gasteiger partial charge in [0.05, 0.1) is 11.7 Å². The summed E-state index contributed by atoms with van der Waals surface area (Å²) in [7, 11) is 0. The maximum Gasteiger partial charge on any atom is 0.274 e. The lowest BCUT2D eigenvalue weighted by Crippen LogP contribution is -2.65. The first kappa shape index (κ1) is 22.9. The van der Waals surface area contributed by atoms with Crippen molar-refractivity contribution >= 4 is 29.1 Å². The summed E-state index contributed by atoms with van der Waals surface area (Å²) in [5.74, 6) is -0.331. The van der Waals surface area contributed by atoms with Gasteiger partial charge in [0.2, 0.25) is 0 Å². The number of amides is 2. The van der Waals surface area contributed by atoms with Crippen molar-refractivity contribution < 1.29 is 19.4 Å². The third-order valence-corrected chi connectivity index (χ3v) is 6.60. The van der Waals surface area contributed by atoms with Crippen molar-refractivity contribution in [3.05, 3.63) is 28.7 Å². The SMILES string of the molecule is CC(C)c1cc(Cl)nn2cc(C(=O)N3CCN(C(=O)C4(O)CCOCC4)CC3(C)C)nc12. The van der Waals surface area contributed by atoms with Gasteiger partial charge in [-0.1, -0.05) is 25.4 Å². The van der Waals surface area contributed by atoms with Crippen LogP contribution in [0, 0.1) is 0 Å². The maximum atomic E-state index is 13.4. The summed E-state index contributed by atoms with van der Waals surface area (Å²) in [5, 5.41) is 15.4. The van der Waals surface area contributed by atoms with Crippen LogP contribution in [0.3, 0.4) is 0 Å². The van der Waals surface area contributed by atoms with Crippen molar-refractivity contribution in [1.82, 2.24) is 24.4 Å². The molecule has 0 aromatic carbocycles. The zero-order valence-electron chi connectivity index (χ0n) is 19.0. The van der Waals surface area contributed by atoms with Crippen LogP contribution in [-0.2, 0) is 9.53 Å². The van der Waals surface area contributed by atoms with Crippen LogP contribution < -0.4 is 0 Å². The zero-order chi connectivity index (χ0) is 23.3. The number of piperazine rings is 1. The molecule has 2 aromatic rings. The number of carbonyl (C=O) groups excluding carboxylic acids is 2. The summed E-state index contributed by atoms with van der Waals surface area (Å²) in [6.07, 6.45) is 2.19. The van der Waals surface area contributed by atoms with Crippen LogP contribution in [0.25, 0.3) is 5.65 Å². The fraction of sp³-hybridized carbons (Fsp3) is 0.636. The Labute approximate surface area is 192 Å². The molecule has 0 bridgehead atoms. The summed E-state index contributed by atoms with van der Waals surface area (Å²) in [6.45, 7) is 9.68. The molecule has 10 heteroatoms. The van der Waals surface area contributed by atoms with E-state index in [9.17, 15) is 14.7 Å². The Morgan fingerprint density at radius 2 is 1.91 bits per heavy atom. The minimum atomic E-state index is -1.39. The Morgan fingerprint density at radius 1 is 1.22 bits per heavy atom. The molecule has 4 heterocycles. The largest absolute Gasteiger partial charge is 0.381 e. The lowest BCUT2D eigenvalue weighted by atomic mass is 9.90. The molecule has 9 nitrogen and oxygen atoms in total. The van der Waals surface area contributed by atoms with Gasteiger partial charge in [0.25, 0.3) is 11.8 Å². The first-order valence-electron chi connectivity index (χ1n) is 11.0. The van der Waals surface area contributed by atoms with Crippen molar-refractivity contribution in [3.63, 3.8) is 0 Å². The number of aromatic nitrogens is 3. The second kappa shape index (κ2) is 8.28. The molecule has 0 unspecified atom stereocenters. The number of imidazole rings is 1. The average molecular weight is 464 g/mol. The van der Waals surface area contributed by atoms with Gasteiger partial charge in [0, 0.05) is 51.3 Å². The minimum Gasteiger partial charge on any atom is -0.381 e. The summed E-state index contributed by atoms with van der Waals surface area (Å²) in [4.78, 5) is 34.4. The van der Waals surface area contributed by atoms with Crippen molar-refractivity contribution in [2.24, 2.45) is 0 Å². The number of hydrogen-bond acceptors (Lipinski definition) is 6. The molecule has 1 N–H and O–H groups in total. The molecular weight excluding hydrogens is 434 g/mol. The topological polar surface area (TPSA) is 100 Å². The Kier molecular flexibility index (Phi) is 5.94. The molecule has 2 saturated heterocycles. The number of halogens is 1. The highest BCUT2D eigenvalue weighted by Gasteiger charge is 2.45. The fourth-order valence-corrected chi connectivity index (χ4v) is 4.76. The van der Waals surface area contributed by atoms with Crippen LogP contribution in [0.15, 0.2) is 12.3 Å². The van der Waals surface area contributed by atoms with E-state index in [1.54, 1.807) is 26.6 Å². The lowest BCUT2D eigenvalue weighted by molar-refractivity contribution is -0.164. The van der Waals surface area contributed by atoms with E-state index in [2.05, 4.69) is 10.1 Å². The Morgan fingerprint density at radius 3 is 2.53 bits per heavy atom. The van der Waals surface area contributed by atoms with Crippen molar-refractivity contribution in [3.8, 4) is 0 Å². The molecule has 4 rings (SSSR count). The van der Waals surface area contributed by atoms with Gasteiger partial charge in [-0.25, -0.2) is 9.50 Å². The molecule has 2 amide bonds. The van der Waals surface area contributed by atoms with Gasteiger partial charge < -0.3 is 19.6 Å².